The fraction of sp³-hybridized carbons (Fsp3) is 0.763. The summed E-state index contributed by atoms with van der Waals surface area (Å²) in [5, 5.41) is 20.7. The Morgan fingerprint density at radius 2 is 1.62 bits per heavy atom. The highest BCUT2D eigenvalue weighted by atomic mass is 16.6. The minimum Gasteiger partial charge on any atom is -0.493 e. The molecule has 1 heterocycles. The van der Waals surface area contributed by atoms with Gasteiger partial charge in [-0.3, -0.25) is 14.5 Å². The number of morpholine rings is 1. The highest BCUT2D eigenvalue weighted by Crippen LogP contribution is 2.25. The number of hydrogen-bond acceptors (Lipinski definition) is 9. The zero-order valence-corrected chi connectivity index (χ0v) is 31.9. The van der Waals surface area contributed by atoms with E-state index in [1.165, 1.54) is 0 Å². The van der Waals surface area contributed by atoms with E-state index in [1.54, 1.807) is 46.1 Å². The predicted octanol–water partition coefficient (Wildman–Crippen LogP) is 4.64. The first-order chi connectivity index (χ1) is 23.7. The molecule has 0 aliphatic carbocycles. The molecule has 2 rings (SSSR count). The Balaban J connectivity index is 2.10. The molecule has 1 aliphatic rings. The van der Waals surface area contributed by atoms with Crippen LogP contribution >= 0.6 is 0 Å². The first-order valence-corrected chi connectivity index (χ1v) is 18.5. The second-order valence-electron chi connectivity index (χ2n) is 15.0. The summed E-state index contributed by atoms with van der Waals surface area (Å²) in [6.45, 7) is 19.5. The molecule has 1 aliphatic heterocycles. The number of ether oxygens (including phenoxy) is 4. The average Bonchev–Trinajstić information content (AvgIpc) is 3.06. The molecule has 1 aromatic carbocycles. The van der Waals surface area contributed by atoms with E-state index in [0.29, 0.717) is 44.0 Å². The Kier molecular flexibility index (Phi) is 19.7. The fourth-order valence-corrected chi connectivity index (χ4v) is 5.89. The normalized spacial score (nSPS) is 16.4. The number of carbonyl (C=O) groups excluding carboxylic acids is 3. The summed E-state index contributed by atoms with van der Waals surface area (Å²) in [6.07, 6.45) is 1.36. The van der Waals surface area contributed by atoms with Crippen LogP contribution in [0, 0.1) is 23.7 Å². The molecule has 12 heteroatoms. The van der Waals surface area contributed by atoms with Gasteiger partial charge >= 0.3 is 6.09 Å². The Labute approximate surface area is 300 Å². The van der Waals surface area contributed by atoms with Gasteiger partial charge in [-0.25, -0.2) is 4.79 Å². The molecule has 4 N–H and O–H groups in total. The third kappa shape index (κ3) is 16.9. The van der Waals surface area contributed by atoms with Crippen molar-refractivity contribution in [2.45, 2.75) is 98.3 Å². The summed E-state index contributed by atoms with van der Waals surface area (Å²) < 4.78 is 22.0. The minimum absolute atomic E-state index is 0.0338. The summed E-state index contributed by atoms with van der Waals surface area (Å²) in [6, 6.07) is 6.44. The van der Waals surface area contributed by atoms with Crippen LogP contribution in [0.25, 0.3) is 0 Å². The Bertz CT molecular complexity index is 1140. The van der Waals surface area contributed by atoms with Gasteiger partial charge in [-0.2, -0.15) is 0 Å². The smallest absolute Gasteiger partial charge is 0.407 e. The number of nitrogens with zero attached hydrogens (tertiary/aromatic N) is 1. The Morgan fingerprint density at radius 3 is 2.26 bits per heavy atom. The van der Waals surface area contributed by atoms with E-state index in [2.05, 4.69) is 20.9 Å². The van der Waals surface area contributed by atoms with E-state index in [-0.39, 0.29) is 36.0 Å². The lowest BCUT2D eigenvalue weighted by Gasteiger charge is -2.33. The molecule has 1 saturated heterocycles. The summed E-state index contributed by atoms with van der Waals surface area (Å²) in [5.41, 5.74) is -0.285. The maximum Gasteiger partial charge on any atom is 0.407 e. The lowest BCUT2D eigenvalue weighted by molar-refractivity contribution is -0.127. The van der Waals surface area contributed by atoms with E-state index in [0.717, 1.165) is 52.1 Å². The van der Waals surface area contributed by atoms with Crippen molar-refractivity contribution in [1.82, 2.24) is 20.9 Å². The second-order valence-corrected chi connectivity index (χ2v) is 15.0. The summed E-state index contributed by atoms with van der Waals surface area (Å²) in [5.74, 6) is -0.346. The molecule has 0 radical (unpaired) electrons. The fourth-order valence-electron chi connectivity index (χ4n) is 5.89. The number of alkyl carbamates (subject to hydrolysis) is 1. The van der Waals surface area contributed by atoms with Gasteiger partial charge in [0.15, 0.2) is 0 Å². The number of methoxy groups -OCH3 is 1. The standard InChI is InChI=1S/C38H66N4O8/c1-27(2)29(26-40-35(44)30-14-9-10-15-34(30)49-21-12-11-20-47-8)24-32(41-37(46)50-38(5,6)7)33(43)25-31(28(3)4)36(45)39-16-13-17-42-18-22-48-23-19-42/h9-10,14-15,27-29,31-33,43H,11-13,16-26H2,1-8H3,(H,39,45)(H,40,44)(H,41,46). The molecule has 4 unspecified atom stereocenters. The van der Waals surface area contributed by atoms with Gasteiger partial charge < -0.3 is 40.0 Å². The predicted molar refractivity (Wildman–Crippen MR) is 195 cm³/mol. The largest absolute Gasteiger partial charge is 0.493 e. The molecule has 12 nitrogen and oxygen atoms in total. The number of rotatable bonds is 22. The van der Waals surface area contributed by atoms with Crippen molar-refractivity contribution >= 4 is 17.9 Å². The highest BCUT2D eigenvalue weighted by molar-refractivity contribution is 5.96. The van der Waals surface area contributed by atoms with Crippen LogP contribution in [0.5, 0.6) is 5.75 Å². The molecule has 3 amide bonds. The Morgan fingerprint density at radius 1 is 0.940 bits per heavy atom. The molecule has 1 fully saturated rings. The van der Waals surface area contributed by atoms with Crippen LogP contribution in [0.2, 0.25) is 0 Å². The van der Waals surface area contributed by atoms with Crippen molar-refractivity contribution in [2.24, 2.45) is 23.7 Å². The number of amides is 3. The van der Waals surface area contributed by atoms with Crippen LogP contribution in [0.15, 0.2) is 24.3 Å². The van der Waals surface area contributed by atoms with Crippen LogP contribution in [0.3, 0.4) is 0 Å². The van der Waals surface area contributed by atoms with Crippen molar-refractivity contribution in [1.29, 1.82) is 0 Å². The van der Waals surface area contributed by atoms with Crippen molar-refractivity contribution in [3.05, 3.63) is 29.8 Å². The average molecular weight is 707 g/mol. The molecule has 0 bridgehead atoms. The van der Waals surface area contributed by atoms with E-state index < -0.39 is 29.8 Å². The van der Waals surface area contributed by atoms with E-state index in [4.69, 9.17) is 18.9 Å². The minimum atomic E-state index is -1.03. The van der Waals surface area contributed by atoms with Gasteiger partial charge in [0.1, 0.15) is 11.4 Å². The maximum atomic E-state index is 13.4. The first kappa shape index (κ1) is 43.2. The molecular formula is C38H66N4O8. The van der Waals surface area contributed by atoms with Gasteiger partial charge in [-0.1, -0.05) is 39.8 Å². The summed E-state index contributed by atoms with van der Waals surface area (Å²) in [4.78, 5) is 42.0. The zero-order valence-electron chi connectivity index (χ0n) is 31.9. The van der Waals surface area contributed by atoms with Gasteiger partial charge in [-0.15, -0.1) is 0 Å². The number of benzene rings is 1. The topological polar surface area (TPSA) is 148 Å². The van der Waals surface area contributed by atoms with Gasteiger partial charge in [0.05, 0.1) is 37.5 Å². The van der Waals surface area contributed by atoms with Crippen LogP contribution in [0.1, 0.15) is 90.9 Å². The van der Waals surface area contributed by atoms with Gasteiger partial charge in [0.25, 0.3) is 5.91 Å². The lowest BCUT2D eigenvalue weighted by atomic mass is 9.82. The number of carbonyl (C=O) groups is 3. The number of unbranched alkanes of at least 4 members (excludes halogenated alkanes) is 1. The monoisotopic (exact) mass is 706 g/mol. The summed E-state index contributed by atoms with van der Waals surface area (Å²) in [7, 11) is 1.67. The van der Waals surface area contributed by atoms with Crippen LogP contribution in [0.4, 0.5) is 4.79 Å². The molecule has 0 saturated carbocycles. The molecule has 1 aromatic rings. The molecule has 0 aromatic heterocycles. The number of aliphatic hydroxyl groups excluding tert-OH is 1. The van der Waals surface area contributed by atoms with E-state index in [9.17, 15) is 19.5 Å². The number of hydrogen-bond donors (Lipinski definition) is 4. The molecule has 50 heavy (non-hydrogen) atoms. The number of aliphatic hydroxyl groups is 1. The third-order valence-corrected chi connectivity index (χ3v) is 9.01. The molecule has 4 atom stereocenters. The molecule has 286 valence electrons. The van der Waals surface area contributed by atoms with Crippen LogP contribution < -0.4 is 20.7 Å². The van der Waals surface area contributed by atoms with Gasteiger partial charge in [0.2, 0.25) is 5.91 Å². The Hall–Kier alpha value is -2.93. The van der Waals surface area contributed by atoms with E-state index >= 15 is 0 Å². The quantitative estimate of drug-likeness (QED) is 0.127. The van der Waals surface area contributed by atoms with Crippen molar-refractivity contribution < 1.29 is 38.4 Å². The van der Waals surface area contributed by atoms with Crippen LogP contribution in [-0.2, 0) is 19.0 Å². The summed E-state index contributed by atoms with van der Waals surface area (Å²) >= 11 is 0. The molecule has 0 spiro atoms. The van der Waals surface area contributed by atoms with Crippen molar-refractivity contribution in [2.75, 3.05) is 66.3 Å². The van der Waals surface area contributed by atoms with Crippen LogP contribution in [-0.4, -0.2) is 112 Å². The van der Waals surface area contributed by atoms with Crippen molar-refractivity contribution in [3.63, 3.8) is 0 Å². The first-order valence-electron chi connectivity index (χ1n) is 18.5. The molecular weight excluding hydrogens is 640 g/mol. The number of para-hydroxylation sites is 1. The van der Waals surface area contributed by atoms with Gasteiger partial charge in [-0.05, 0) is 89.3 Å². The second kappa shape index (κ2) is 22.8. The van der Waals surface area contributed by atoms with E-state index in [1.807, 2.05) is 33.8 Å². The lowest BCUT2D eigenvalue weighted by Crippen LogP contribution is -2.49. The maximum absolute atomic E-state index is 13.4. The van der Waals surface area contributed by atoms with Gasteiger partial charge in [0, 0.05) is 45.8 Å². The number of nitrogens with one attached hydrogen (secondary N) is 3. The highest BCUT2D eigenvalue weighted by Gasteiger charge is 2.33. The zero-order chi connectivity index (χ0) is 37.1. The van der Waals surface area contributed by atoms with Crippen molar-refractivity contribution in [3.8, 4) is 5.75 Å². The third-order valence-electron chi connectivity index (χ3n) is 9.01. The SMILES string of the molecule is COCCCCOc1ccccc1C(=O)NCC(CC(NC(=O)OC(C)(C)C)C(O)CC(C(=O)NCCCN1CCOCC1)C(C)C)C(C)C.